The topological polar surface area (TPSA) is 95.9 Å². The van der Waals surface area contributed by atoms with Gasteiger partial charge in [-0.05, 0) is 105 Å². The molecule has 2 bridgehead atoms. The Kier molecular flexibility index (Phi) is 7.81. The van der Waals surface area contributed by atoms with E-state index in [0.29, 0.717) is 36.8 Å². The van der Waals surface area contributed by atoms with Crippen LogP contribution in [-0.2, 0) is 21.9 Å². The van der Waals surface area contributed by atoms with Gasteiger partial charge in [0.2, 0.25) is 10.0 Å². The van der Waals surface area contributed by atoms with Gasteiger partial charge in [-0.25, -0.2) is 13.1 Å². The smallest absolute Gasteiger partial charge is 0.264 e. The Morgan fingerprint density at radius 2 is 1.95 bits per heavy atom. The number of carbonyl (C=O) groups is 1. The Balaban J connectivity index is 1.28. The molecule has 2 fully saturated rings. The molecule has 1 amide bonds. The number of anilines is 1. The van der Waals surface area contributed by atoms with E-state index in [1.54, 1.807) is 6.07 Å². The maximum Gasteiger partial charge on any atom is 0.264 e. The predicted octanol–water partition coefficient (Wildman–Crippen LogP) is 5.68. The first-order chi connectivity index (χ1) is 21.1. The van der Waals surface area contributed by atoms with Crippen molar-refractivity contribution in [2.75, 3.05) is 24.6 Å². The molecular formula is C36H46N2O5S. The van der Waals surface area contributed by atoms with Crippen LogP contribution in [0, 0.1) is 30.6 Å². The molecule has 2 aromatic carbocycles. The molecule has 0 aromatic heterocycles. The molecule has 1 spiro atoms. The molecule has 8 heteroatoms. The molecule has 2 aliphatic heterocycles. The first-order valence-electron chi connectivity index (χ1n) is 16.6. The van der Waals surface area contributed by atoms with Gasteiger partial charge in [0.1, 0.15) is 5.75 Å². The molecule has 2 aromatic rings. The number of hydrogen-bond acceptors (Lipinski definition) is 6. The number of sulfonamides is 1. The lowest BCUT2D eigenvalue weighted by molar-refractivity contribution is 0.0455. The van der Waals surface area contributed by atoms with Crippen LogP contribution in [0.5, 0.6) is 5.75 Å². The molecule has 44 heavy (non-hydrogen) atoms. The fourth-order valence-corrected chi connectivity index (χ4v) is 10.1. The molecule has 2 N–H and O–H groups in total. The molecule has 0 radical (unpaired) electrons. The lowest BCUT2D eigenvalue weighted by Gasteiger charge is -2.45. The molecular weight excluding hydrogens is 572 g/mol. The summed E-state index contributed by atoms with van der Waals surface area (Å²) in [5.74, 6) is 0.811. The average Bonchev–Trinajstić information content (AvgIpc) is 3.81. The van der Waals surface area contributed by atoms with Crippen molar-refractivity contribution in [1.29, 1.82) is 0 Å². The molecule has 5 aliphatic rings. The number of ether oxygens (including phenoxy) is 1. The van der Waals surface area contributed by atoms with Crippen LogP contribution in [0.2, 0.25) is 0 Å². The van der Waals surface area contributed by atoms with Gasteiger partial charge in [0.25, 0.3) is 5.91 Å². The summed E-state index contributed by atoms with van der Waals surface area (Å²) in [6, 6.07) is 12.2. The van der Waals surface area contributed by atoms with E-state index in [1.165, 1.54) is 16.7 Å². The highest BCUT2D eigenvalue weighted by Crippen LogP contribution is 2.47. The van der Waals surface area contributed by atoms with Gasteiger partial charge in [0, 0.05) is 24.1 Å². The molecule has 7 nitrogen and oxygen atoms in total. The van der Waals surface area contributed by atoms with Gasteiger partial charge in [0.05, 0.1) is 23.6 Å². The van der Waals surface area contributed by atoms with E-state index in [1.807, 2.05) is 31.2 Å². The number of aryl methyl sites for hydroxylation is 2. The number of benzene rings is 2. The average molecular weight is 619 g/mol. The summed E-state index contributed by atoms with van der Waals surface area (Å²) in [7, 11) is -3.92. The number of rotatable bonds is 2. The highest BCUT2D eigenvalue weighted by atomic mass is 32.2. The maximum absolute atomic E-state index is 13.7. The van der Waals surface area contributed by atoms with E-state index in [0.717, 1.165) is 69.5 Å². The number of fused-ring (bicyclic) bond motifs is 4. The summed E-state index contributed by atoms with van der Waals surface area (Å²) in [4.78, 5) is 16.0. The lowest BCUT2D eigenvalue weighted by atomic mass is 9.68. The van der Waals surface area contributed by atoms with E-state index < -0.39 is 27.3 Å². The zero-order valence-corrected chi connectivity index (χ0v) is 26.8. The molecule has 6 atom stereocenters. The molecule has 236 valence electrons. The highest BCUT2D eigenvalue weighted by molar-refractivity contribution is 7.90. The van der Waals surface area contributed by atoms with Crippen molar-refractivity contribution >= 4 is 21.6 Å². The number of hydrogen-bond donors (Lipinski definition) is 2. The van der Waals surface area contributed by atoms with E-state index in [-0.39, 0.29) is 17.3 Å². The minimum Gasteiger partial charge on any atom is -0.490 e. The summed E-state index contributed by atoms with van der Waals surface area (Å²) in [6.45, 7) is 6.13. The van der Waals surface area contributed by atoms with Gasteiger partial charge in [-0.15, -0.1) is 0 Å². The van der Waals surface area contributed by atoms with Crippen LogP contribution < -0.4 is 14.4 Å². The summed E-state index contributed by atoms with van der Waals surface area (Å²) < 4.78 is 36.5. The zero-order valence-electron chi connectivity index (χ0n) is 26.0. The Hall–Kier alpha value is -2.84. The fraction of sp³-hybridized carbons (Fsp3) is 0.583. The number of aliphatic hydroxyl groups is 1. The molecule has 7 rings (SSSR count). The summed E-state index contributed by atoms with van der Waals surface area (Å²) >= 11 is 0. The van der Waals surface area contributed by atoms with E-state index in [2.05, 4.69) is 34.7 Å². The lowest BCUT2D eigenvalue weighted by Crippen LogP contribution is -2.49. The standard InChI is InChI=1S/C36H46N2O5S/c1-23-8-14-30-26(17-23)6-4-16-36(30)21-38-20-28-11-13-29(28)32(39)7-3-5-24(2)34(18-25-9-10-25)44(41,42)37-35(40)27-12-15-33(43-22-36)31(38)19-27/h3,7-8,12,14-15,17,19,24-25,28-29,32,34,39H,4-6,9-11,13,16,18,20-22H2,1-2H3,(H,37,40)/b7-3+/t24?,28?,29?,32?,34?,36-/m0/s1. The SMILES string of the molecule is Cc1ccc2c(c1)CCC[C@]21COc2ccc3cc2N(CC2CCC2C(O)/C=C/CC(C)C(CC2CC2)S(=O)(=O)NC3=O)C1. The van der Waals surface area contributed by atoms with Gasteiger partial charge in [-0.3, -0.25) is 4.79 Å². The van der Waals surface area contributed by atoms with Crippen molar-refractivity contribution in [3.8, 4) is 5.75 Å². The fourth-order valence-electron chi connectivity index (χ4n) is 8.31. The van der Waals surface area contributed by atoms with Crippen molar-refractivity contribution in [1.82, 2.24) is 4.72 Å². The van der Waals surface area contributed by atoms with Crippen molar-refractivity contribution in [2.45, 2.75) is 88.4 Å². The van der Waals surface area contributed by atoms with Gasteiger partial charge >= 0.3 is 0 Å². The second kappa shape index (κ2) is 11.5. The summed E-state index contributed by atoms with van der Waals surface area (Å²) in [6.07, 6.45) is 11.6. The minimum absolute atomic E-state index is 0.150. The zero-order chi connectivity index (χ0) is 30.6. The molecule has 0 saturated heterocycles. The number of aliphatic hydroxyl groups excluding tert-OH is 1. The highest BCUT2D eigenvalue weighted by Gasteiger charge is 2.44. The quantitative estimate of drug-likeness (QED) is 0.421. The van der Waals surface area contributed by atoms with Crippen LogP contribution >= 0.6 is 0 Å². The maximum atomic E-state index is 13.7. The van der Waals surface area contributed by atoms with E-state index in [9.17, 15) is 18.3 Å². The van der Waals surface area contributed by atoms with E-state index in [4.69, 9.17) is 4.74 Å². The Morgan fingerprint density at radius 3 is 2.73 bits per heavy atom. The first kappa shape index (κ1) is 29.8. The largest absolute Gasteiger partial charge is 0.490 e. The van der Waals surface area contributed by atoms with Crippen molar-refractivity contribution in [3.63, 3.8) is 0 Å². The van der Waals surface area contributed by atoms with Crippen molar-refractivity contribution in [2.24, 2.45) is 23.7 Å². The number of amides is 1. The van der Waals surface area contributed by atoms with Crippen molar-refractivity contribution in [3.05, 3.63) is 70.8 Å². The normalized spacial score (nSPS) is 34.0. The van der Waals surface area contributed by atoms with E-state index >= 15 is 0 Å². The van der Waals surface area contributed by atoms with Crippen LogP contribution in [-0.4, -0.2) is 50.5 Å². The Bertz CT molecular complexity index is 1570. The van der Waals surface area contributed by atoms with Crippen LogP contribution in [0.15, 0.2) is 48.6 Å². The monoisotopic (exact) mass is 618 g/mol. The molecule has 2 saturated carbocycles. The third-order valence-electron chi connectivity index (χ3n) is 11.2. The summed E-state index contributed by atoms with van der Waals surface area (Å²) in [5.41, 5.74) is 4.97. The molecule has 3 aliphatic carbocycles. The van der Waals surface area contributed by atoms with Crippen LogP contribution in [0.25, 0.3) is 0 Å². The van der Waals surface area contributed by atoms with Crippen molar-refractivity contribution < 1.29 is 23.1 Å². The van der Waals surface area contributed by atoms with Gasteiger partial charge in [0.15, 0.2) is 0 Å². The van der Waals surface area contributed by atoms with Gasteiger partial charge in [-0.2, -0.15) is 0 Å². The number of carbonyl (C=O) groups excluding carboxylic acids is 1. The molecule has 5 unspecified atom stereocenters. The third-order valence-corrected chi connectivity index (χ3v) is 13.2. The minimum atomic E-state index is -3.92. The Morgan fingerprint density at radius 1 is 1.11 bits per heavy atom. The predicted molar refractivity (Wildman–Crippen MR) is 173 cm³/mol. The second-order valence-corrected chi connectivity index (χ2v) is 16.4. The summed E-state index contributed by atoms with van der Waals surface area (Å²) in [5, 5.41) is 10.6. The number of nitrogens with zero attached hydrogens (tertiary/aromatic N) is 1. The number of nitrogens with one attached hydrogen (secondary N) is 1. The van der Waals surface area contributed by atoms with Crippen LogP contribution in [0.3, 0.4) is 0 Å². The van der Waals surface area contributed by atoms with Gasteiger partial charge in [-0.1, -0.05) is 55.7 Å². The van der Waals surface area contributed by atoms with Gasteiger partial charge < -0.3 is 14.7 Å². The number of allylic oxidation sites excluding steroid dienone is 1. The van der Waals surface area contributed by atoms with Crippen LogP contribution in [0.4, 0.5) is 5.69 Å². The third kappa shape index (κ3) is 5.68. The second-order valence-electron chi connectivity index (χ2n) is 14.5. The van der Waals surface area contributed by atoms with Crippen LogP contribution in [0.1, 0.15) is 85.3 Å². The Labute approximate surface area is 262 Å². The molecule has 2 heterocycles. The first-order valence-corrected chi connectivity index (χ1v) is 18.2.